The molecule has 0 aliphatic heterocycles. The number of aliphatic carboxylic acids is 2. The Kier molecular flexibility index (Phi) is 6.48. The number of carboxylic acids is 2. The molecule has 0 aliphatic rings. The van der Waals surface area contributed by atoms with Crippen molar-refractivity contribution in [2.45, 2.75) is 19.0 Å². The number of hydrogen-bond acceptors (Lipinski definition) is 4. The first-order valence-corrected chi connectivity index (χ1v) is 9.38. The van der Waals surface area contributed by atoms with Gasteiger partial charge in [-0.1, -0.05) is 48.5 Å². The smallest absolute Gasteiger partial charge is 0.326 e. The standard InChI is InChI=1S/C23H19N3O5/c24-12-16(22(29)25-19(23(30)31)10-15-6-2-1-3-7-15)11-17-13-26(14-21(27)28)20-9-5-4-8-18(17)20/h1-9,11,13,19H,10,14H2,(H,25,29)(H,27,28)(H,30,31)/b16-11+. The third kappa shape index (κ3) is 5.16. The maximum absolute atomic E-state index is 12.6. The molecule has 1 aromatic heterocycles. The largest absolute Gasteiger partial charge is 0.480 e. The van der Waals surface area contributed by atoms with Crippen LogP contribution >= 0.6 is 0 Å². The van der Waals surface area contributed by atoms with Crippen LogP contribution < -0.4 is 5.32 Å². The van der Waals surface area contributed by atoms with Crippen molar-refractivity contribution in [2.75, 3.05) is 0 Å². The van der Waals surface area contributed by atoms with E-state index < -0.39 is 23.9 Å². The average molecular weight is 417 g/mol. The number of amides is 1. The number of nitrogens with zero attached hydrogens (tertiary/aromatic N) is 2. The number of hydrogen-bond donors (Lipinski definition) is 3. The van der Waals surface area contributed by atoms with E-state index in [0.29, 0.717) is 16.5 Å². The Bertz CT molecular complexity index is 1200. The molecular formula is C23H19N3O5. The Labute approximate surface area is 177 Å². The van der Waals surface area contributed by atoms with Crippen molar-refractivity contribution in [2.24, 2.45) is 0 Å². The lowest BCUT2D eigenvalue weighted by Gasteiger charge is -2.14. The molecule has 3 N–H and O–H groups in total. The quantitative estimate of drug-likeness (QED) is 0.381. The number of aromatic nitrogens is 1. The molecule has 8 nitrogen and oxygen atoms in total. The molecule has 3 aromatic rings. The van der Waals surface area contributed by atoms with Gasteiger partial charge in [-0.25, -0.2) is 4.79 Å². The van der Waals surface area contributed by atoms with Crippen molar-refractivity contribution in [3.63, 3.8) is 0 Å². The van der Waals surface area contributed by atoms with E-state index in [0.717, 1.165) is 5.56 Å². The summed E-state index contributed by atoms with van der Waals surface area (Å²) >= 11 is 0. The van der Waals surface area contributed by atoms with E-state index in [1.807, 2.05) is 0 Å². The van der Waals surface area contributed by atoms with Crippen LogP contribution in [-0.4, -0.2) is 38.7 Å². The summed E-state index contributed by atoms with van der Waals surface area (Å²) in [6.45, 7) is -0.277. The maximum Gasteiger partial charge on any atom is 0.326 e. The molecule has 0 saturated carbocycles. The Balaban J connectivity index is 1.89. The van der Waals surface area contributed by atoms with Crippen LogP contribution in [0.4, 0.5) is 0 Å². The second-order valence-corrected chi connectivity index (χ2v) is 6.85. The predicted octanol–water partition coefficient (Wildman–Crippen LogP) is 2.44. The fourth-order valence-electron chi connectivity index (χ4n) is 3.26. The first-order valence-electron chi connectivity index (χ1n) is 9.38. The van der Waals surface area contributed by atoms with Gasteiger partial charge in [-0.3, -0.25) is 9.59 Å². The van der Waals surface area contributed by atoms with Crippen LogP contribution in [0.3, 0.4) is 0 Å². The monoisotopic (exact) mass is 417 g/mol. The third-order valence-corrected chi connectivity index (χ3v) is 4.68. The minimum Gasteiger partial charge on any atom is -0.480 e. The Morgan fingerprint density at radius 2 is 1.74 bits per heavy atom. The molecular weight excluding hydrogens is 398 g/mol. The van der Waals surface area contributed by atoms with Crippen molar-refractivity contribution in [1.82, 2.24) is 9.88 Å². The molecule has 1 heterocycles. The molecule has 156 valence electrons. The van der Waals surface area contributed by atoms with Crippen molar-refractivity contribution in [3.8, 4) is 6.07 Å². The summed E-state index contributed by atoms with van der Waals surface area (Å²) in [6.07, 6.45) is 2.94. The number of fused-ring (bicyclic) bond motifs is 1. The van der Waals surface area contributed by atoms with Crippen LogP contribution in [-0.2, 0) is 27.3 Å². The number of carbonyl (C=O) groups excluding carboxylic acids is 1. The minimum atomic E-state index is -1.22. The molecule has 1 atom stereocenters. The molecule has 0 aliphatic carbocycles. The molecule has 0 saturated heterocycles. The number of nitrogens with one attached hydrogen (secondary N) is 1. The second-order valence-electron chi connectivity index (χ2n) is 6.85. The highest BCUT2D eigenvalue weighted by Crippen LogP contribution is 2.23. The molecule has 0 spiro atoms. The summed E-state index contributed by atoms with van der Waals surface area (Å²) in [6, 6.07) is 16.4. The summed E-state index contributed by atoms with van der Waals surface area (Å²) in [7, 11) is 0. The van der Waals surface area contributed by atoms with Crippen LogP contribution in [0, 0.1) is 11.3 Å². The highest BCUT2D eigenvalue weighted by atomic mass is 16.4. The summed E-state index contributed by atoms with van der Waals surface area (Å²) in [5.41, 5.74) is 1.58. The zero-order chi connectivity index (χ0) is 22.4. The SMILES string of the molecule is N#C/C(=C\c1cn(CC(=O)O)c2ccccc12)C(=O)NC(Cc1ccccc1)C(=O)O. The topological polar surface area (TPSA) is 132 Å². The lowest BCUT2D eigenvalue weighted by atomic mass is 10.0. The lowest BCUT2D eigenvalue weighted by Crippen LogP contribution is -2.42. The summed E-state index contributed by atoms with van der Waals surface area (Å²) in [4.78, 5) is 35.4. The number of carbonyl (C=O) groups is 3. The van der Waals surface area contributed by atoms with Gasteiger partial charge in [0, 0.05) is 29.1 Å². The van der Waals surface area contributed by atoms with Gasteiger partial charge in [0.25, 0.3) is 5.91 Å². The van der Waals surface area contributed by atoms with Gasteiger partial charge in [-0.05, 0) is 17.7 Å². The molecule has 31 heavy (non-hydrogen) atoms. The van der Waals surface area contributed by atoms with E-state index in [4.69, 9.17) is 5.11 Å². The molecule has 0 bridgehead atoms. The number of benzene rings is 2. The van der Waals surface area contributed by atoms with Gasteiger partial charge in [-0.15, -0.1) is 0 Å². The fraction of sp³-hybridized carbons (Fsp3) is 0.130. The van der Waals surface area contributed by atoms with Crippen molar-refractivity contribution < 1.29 is 24.6 Å². The molecule has 1 amide bonds. The van der Waals surface area contributed by atoms with E-state index >= 15 is 0 Å². The molecule has 3 rings (SSSR count). The highest BCUT2D eigenvalue weighted by Gasteiger charge is 2.22. The summed E-state index contributed by atoms with van der Waals surface area (Å²) in [5, 5.41) is 31.2. The van der Waals surface area contributed by atoms with Crippen LogP contribution in [0.1, 0.15) is 11.1 Å². The maximum atomic E-state index is 12.6. The predicted molar refractivity (Wildman–Crippen MR) is 113 cm³/mol. The zero-order valence-corrected chi connectivity index (χ0v) is 16.4. The molecule has 0 radical (unpaired) electrons. The second kappa shape index (κ2) is 9.41. The van der Waals surface area contributed by atoms with Crippen LogP contribution in [0.5, 0.6) is 0 Å². The summed E-state index contributed by atoms with van der Waals surface area (Å²) in [5.74, 6) is -3.06. The van der Waals surface area contributed by atoms with Gasteiger partial charge in [0.2, 0.25) is 0 Å². The Morgan fingerprint density at radius 1 is 1.06 bits per heavy atom. The lowest BCUT2D eigenvalue weighted by molar-refractivity contribution is -0.141. The van der Waals surface area contributed by atoms with Gasteiger partial charge >= 0.3 is 11.9 Å². The van der Waals surface area contributed by atoms with Crippen molar-refractivity contribution >= 4 is 34.8 Å². The minimum absolute atomic E-state index is 0.0680. The van der Waals surface area contributed by atoms with Crippen LogP contribution in [0.2, 0.25) is 0 Å². The first-order chi connectivity index (χ1) is 14.9. The van der Waals surface area contributed by atoms with Crippen LogP contribution in [0.15, 0.2) is 66.4 Å². The highest BCUT2D eigenvalue weighted by molar-refractivity contribution is 6.05. The number of para-hydroxylation sites is 1. The van der Waals surface area contributed by atoms with Crippen LogP contribution in [0.25, 0.3) is 17.0 Å². The third-order valence-electron chi connectivity index (χ3n) is 4.68. The average Bonchev–Trinajstić information content (AvgIpc) is 3.08. The van der Waals surface area contributed by atoms with Crippen molar-refractivity contribution in [1.29, 1.82) is 5.26 Å². The van der Waals surface area contributed by atoms with Gasteiger partial charge in [0.1, 0.15) is 24.2 Å². The first kappa shape index (κ1) is 21.3. The van der Waals surface area contributed by atoms with E-state index in [1.165, 1.54) is 10.6 Å². The summed E-state index contributed by atoms with van der Waals surface area (Å²) < 4.78 is 1.51. The number of rotatable bonds is 8. The number of nitriles is 1. The number of carboxylic acid groups (broad SMARTS) is 2. The van der Waals surface area contributed by atoms with Gasteiger partial charge in [-0.2, -0.15) is 5.26 Å². The van der Waals surface area contributed by atoms with Gasteiger partial charge < -0.3 is 20.1 Å². The zero-order valence-electron chi connectivity index (χ0n) is 16.4. The fourth-order valence-corrected chi connectivity index (χ4v) is 3.26. The molecule has 0 fully saturated rings. The van der Waals surface area contributed by atoms with E-state index in [9.17, 15) is 24.8 Å². The molecule has 2 aromatic carbocycles. The van der Waals surface area contributed by atoms with E-state index in [2.05, 4.69) is 5.32 Å². The molecule has 1 unspecified atom stereocenters. The molecule has 8 heteroatoms. The van der Waals surface area contributed by atoms with Crippen molar-refractivity contribution in [3.05, 3.63) is 77.5 Å². The Morgan fingerprint density at radius 3 is 2.39 bits per heavy atom. The Hall–Kier alpha value is -4.38. The van der Waals surface area contributed by atoms with E-state index in [-0.39, 0.29) is 18.5 Å². The normalized spacial score (nSPS) is 12.2. The van der Waals surface area contributed by atoms with Gasteiger partial charge in [0.15, 0.2) is 0 Å². The van der Waals surface area contributed by atoms with E-state index in [1.54, 1.807) is 66.9 Å². The van der Waals surface area contributed by atoms with Gasteiger partial charge in [0.05, 0.1) is 0 Å².